The van der Waals surface area contributed by atoms with Gasteiger partial charge in [0, 0.05) is 6.07 Å². The maximum atomic E-state index is 10.5. The Morgan fingerprint density at radius 2 is 2.25 bits per heavy atom. The van der Waals surface area contributed by atoms with E-state index in [1.807, 2.05) is 22.6 Å². The van der Waals surface area contributed by atoms with Crippen molar-refractivity contribution in [2.45, 2.75) is 0 Å². The number of rotatable bonds is 2. The number of benzene rings is 1. The Bertz CT molecular complexity index is 309. The average Bonchev–Trinajstić information content (AvgIpc) is 2.09. The molecule has 0 atom stereocenters. The van der Waals surface area contributed by atoms with E-state index in [2.05, 4.69) is 0 Å². The summed E-state index contributed by atoms with van der Waals surface area (Å²) in [5.74, 6) is 0.515. The molecule has 0 aromatic heterocycles. The maximum absolute atomic E-state index is 10.5. The zero-order chi connectivity index (χ0) is 9.14. The molecule has 0 spiro atoms. The first-order valence-corrected chi connectivity index (χ1v) is 4.28. The largest absolute Gasteiger partial charge is 0.507 e. The number of methoxy groups -OCH3 is 1. The fourth-order valence-corrected chi connectivity index (χ4v) is 1.32. The lowest BCUT2D eigenvalue weighted by Crippen LogP contribution is -1.91. The molecule has 3 nitrogen and oxygen atoms in total. The number of carbonyl (C=O) groups is 1. The molecule has 0 fully saturated rings. The lowest BCUT2D eigenvalue weighted by molar-refractivity contribution is 0.112. The standard InChI is InChI=1S/C8H7IO3/c1-12-8-3-7(11)6(9)2-5(8)4-10/h2-4,11H,1H3. The monoisotopic (exact) mass is 278 g/mol. The minimum Gasteiger partial charge on any atom is -0.507 e. The molecule has 0 aliphatic rings. The van der Waals surface area contributed by atoms with Crippen LogP contribution in [0.1, 0.15) is 10.4 Å². The second kappa shape index (κ2) is 3.75. The van der Waals surface area contributed by atoms with Gasteiger partial charge in [0.1, 0.15) is 11.5 Å². The maximum Gasteiger partial charge on any atom is 0.153 e. The first-order chi connectivity index (χ1) is 5.69. The van der Waals surface area contributed by atoms with Crippen LogP contribution in [0.5, 0.6) is 11.5 Å². The third kappa shape index (κ3) is 1.69. The molecule has 1 aromatic rings. The van der Waals surface area contributed by atoms with Crippen LogP contribution in [-0.2, 0) is 0 Å². The summed E-state index contributed by atoms with van der Waals surface area (Å²) < 4.78 is 5.51. The topological polar surface area (TPSA) is 46.5 Å². The second-order valence-electron chi connectivity index (χ2n) is 2.16. The zero-order valence-electron chi connectivity index (χ0n) is 6.37. The minimum atomic E-state index is 0.123. The molecule has 1 rings (SSSR count). The highest BCUT2D eigenvalue weighted by Crippen LogP contribution is 2.27. The van der Waals surface area contributed by atoms with E-state index < -0.39 is 0 Å². The fraction of sp³-hybridized carbons (Fsp3) is 0.125. The number of ether oxygens (including phenoxy) is 1. The van der Waals surface area contributed by atoms with Gasteiger partial charge in [0.2, 0.25) is 0 Å². The van der Waals surface area contributed by atoms with Gasteiger partial charge < -0.3 is 9.84 Å². The SMILES string of the molecule is COc1cc(O)c(I)cc1C=O. The van der Waals surface area contributed by atoms with Gasteiger partial charge >= 0.3 is 0 Å². The Morgan fingerprint density at radius 1 is 1.58 bits per heavy atom. The number of phenols is 1. The Hall–Kier alpha value is -0.780. The molecule has 1 N–H and O–H groups in total. The van der Waals surface area contributed by atoms with E-state index in [1.54, 1.807) is 6.07 Å². The summed E-state index contributed by atoms with van der Waals surface area (Å²) >= 11 is 1.94. The quantitative estimate of drug-likeness (QED) is 0.663. The molecule has 12 heavy (non-hydrogen) atoms. The van der Waals surface area contributed by atoms with Gasteiger partial charge in [0.25, 0.3) is 0 Å². The summed E-state index contributed by atoms with van der Waals surface area (Å²) in [6.07, 6.45) is 0.695. The first kappa shape index (κ1) is 9.31. The lowest BCUT2D eigenvalue weighted by Gasteiger charge is -2.04. The Kier molecular flexibility index (Phi) is 2.91. The van der Waals surface area contributed by atoms with E-state index in [4.69, 9.17) is 4.74 Å². The van der Waals surface area contributed by atoms with Crippen LogP contribution in [0, 0.1) is 3.57 Å². The molecule has 0 heterocycles. The highest BCUT2D eigenvalue weighted by Gasteiger charge is 2.06. The number of hydrogen-bond donors (Lipinski definition) is 1. The molecule has 0 bridgehead atoms. The molecule has 0 saturated heterocycles. The lowest BCUT2D eigenvalue weighted by atomic mass is 10.2. The molecular formula is C8H7IO3. The molecule has 0 amide bonds. The smallest absolute Gasteiger partial charge is 0.153 e. The highest BCUT2D eigenvalue weighted by molar-refractivity contribution is 14.1. The second-order valence-corrected chi connectivity index (χ2v) is 3.33. The van der Waals surface area contributed by atoms with Crippen molar-refractivity contribution in [2.75, 3.05) is 7.11 Å². The van der Waals surface area contributed by atoms with Gasteiger partial charge in [-0.3, -0.25) is 4.79 Å². The molecule has 0 saturated carbocycles. The summed E-state index contributed by atoms with van der Waals surface area (Å²) in [7, 11) is 1.45. The van der Waals surface area contributed by atoms with Crippen LogP contribution in [0.15, 0.2) is 12.1 Å². The third-order valence-corrected chi connectivity index (χ3v) is 2.29. The van der Waals surface area contributed by atoms with Crippen molar-refractivity contribution < 1.29 is 14.6 Å². The summed E-state index contributed by atoms with van der Waals surface area (Å²) in [6.45, 7) is 0. The first-order valence-electron chi connectivity index (χ1n) is 3.20. The van der Waals surface area contributed by atoms with Crippen molar-refractivity contribution in [1.82, 2.24) is 0 Å². The van der Waals surface area contributed by atoms with Crippen molar-refractivity contribution in [3.8, 4) is 11.5 Å². The number of carbonyl (C=O) groups excluding carboxylic acids is 1. The minimum absolute atomic E-state index is 0.123. The Labute approximate surface area is 83.5 Å². The average molecular weight is 278 g/mol. The predicted molar refractivity (Wildman–Crippen MR) is 52.8 cm³/mol. The van der Waals surface area contributed by atoms with Gasteiger partial charge in [-0.2, -0.15) is 0 Å². The molecule has 0 radical (unpaired) electrons. The van der Waals surface area contributed by atoms with Crippen molar-refractivity contribution in [3.63, 3.8) is 0 Å². The summed E-state index contributed by atoms with van der Waals surface area (Å²) in [5, 5.41) is 9.25. The van der Waals surface area contributed by atoms with Crippen LogP contribution in [0.4, 0.5) is 0 Å². The van der Waals surface area contributed by atoms with Crippen molar-refractivity contribution in [3.05, 3.63) is 21.3 Å². The number of halogens is 1. The summed E-state index contributed by atoms with van der Waals surface area (Å²) in [4.78, 5) is 10.5. The van der Waals surface area contributed by atoms with Crippen molar-refractivity contribution in [2.24, 2.45) is 0 Å². The number of hydrogen-bond acceptors (Lipinski definition) is 3. The summed E-state index contributed by atoms with van der Waals surface area (Å²) in [6, 6.07) is 2.99. The van der Waals surface area contributed by atoms with E-state index in [0.29, 0.717) is 21.2 Å². The Morgan fingerprint density at radius 3 is 2.75 bits per heavy atom. The predicted octanol–water partition coefficient (Wildman–Crippen LogP) is 1.82. The molecule has 0 aliphatic heterocycles. The van der Waals surface area contributed by atoms with Gasteiger partial charge in [-0.15, -0.1) is 0 Å². The molecule has 1 aromatic carbocycles. The van der Waals surface area contributed by atoms with E-state index >= 15 is 0 Å². The van der Waals surface area contributed by atoms with E-state index in [1.165, 1.54) is 13.2 Å². The summed E-state index contributed by atoms with van der Waals surface area (Å²) in [5.41, 5.74) is 0.444. The normalized spacial score (nSPS) is 9.50. The van der Waals surface area contributed by atoms with Crippen LogP contribution in [0.25, 0.3) is 0 Å². The van der Waals surface area contributed by atoms with Crippen LogP contribution in [0.3, 0.4) is 0 Å². The van der Waals surface area contributed by atoms with Crippen molar-refractivity contribution >= 4 is 28.9 Å². The van der Waals surface area contributed by atoms with Crippen LogP contribution in [-0.4, -0.2) is 18.5 Å². The molecule has 4 heteroatoms. The van der Waals surface area contributed by atoms with Gasteiger partial charge in [-0.05, 0) is 28.7 Å². The van der Waals surface area contributed by atoms with Gasteiger partial charge in [0.05, 0.1) is 16.2 Å². The highest BCUT2D eigenvalue weighted by atomic mass is 127. The Balaban J connectivity index is 3.28. The van der Waals surface area contributed by atoms with Gasteiger partial charge in [-0.25, -0.2) is 0 Å². The molecular weight excluding hydrogens is 271 g/mol. The number of aldehydes is 1. The van der Waals surface area contributed by atoms with E-state index in [-0.39, 0.29) is 5.75 Å². The zero-order valence-corrected chi connectivity index (χ0v) is 8.53. The number of aromatic hydroxyl groups is 1. The van der Waals surface area contributed by atoms with E-state index in [9.17, 15) is 9.90 Å². The fourth-order valence-electron chi connectivity index (χ4n) is 0.827. The molecule has 0 unspecified atom stereocenters. The van der Waals surface area contributed by atoms with E-state index in [0.717, 1.165) is 0 Å². The molecule has 0 aliphatic carbocycles. The van der Waals surface area contributed by atoms with Crippen LogP contribution in [0.2, 0.25) is 0 Å². The van der Waals surface area contributed by atoms with Gasteiger partial charge in [-0.1, -0.05) is 0 Å². The third-order valence-electron chi connectivity index (χ3n) is 1.43. The van der Waals surface area contributed by atoms with Crippen LogP contribution < -0.4 is 4.74 Å². The van der Waals surface area contributed by atoms with Gasteiger partial charge in [0.15, 0.2) is 6.29 Å². The molecule has 64 valence electrons. The number of phenolic OH excluding ortho intramolecular Hbond substituents is 1. The van der Waals surface area contributed by atoms with Crippen molar-refractivity contribution in [1.29, 1.82) is 0 Å². The van der Waals surface area contributed by atoms with Crippen LogP contribution >= 0.6 is 22.6 Å².